The van der Waals surface area contributed by atoms with E-state index in [1.807, 2.05) is 11.3 Å². The molecule has 90 valence electrons. The number of thiophene rings is 1. The van der Waals surface area contributed by atoms with Gasteiger partial charge in [-0.3, -0.25) is 4.90 Å². The van der Waals surface area contributed by atoms with Gasteiger partial charge in [0.05, 0.1) is 0 Å². The second-order valence-corrected chi connectivity index (χ2v) is 5.87. The van der Waals surface area contributed by atoms with E-state index in [2.05, 4.69) is 41.7 Å². The second-order valence-electron chi connectivity index (χ2n) is 5.12. The predicted octanol–water partition coefficient (Wildman–Crippen LogP) is 2.63. The molecule has 3 heteroatoms. The van der Waals surface area contributed by atoms with E-state index in [0.29, 0.717) is 12.1 Å². The van der Waals surface area contributed by atoms with Crippen LogP contribution in [0.5, 0.6) is 0 Å². The van der Waals surface area contributed by atoms with Gasteiger partial charge in [-0.1, -0.05) is 13.8 Å². The van der Waals surface area contributed by atoms with Gasteiger partial charge in [-0.2, -0.15) is 11.3 Å². The molecule has 1 aliphatic rings. The zero-order chi connectivity index (χ0) is 11.5. The van der Waals surface area contributed by atoms with Gasteiger partial charge in [0, 0.05) is 31.7 Å². The van der Waals surface area contributed by atoms with Crippen LogP contribution in [-0.2, 0) is 6.54 Å². The molecule has 0 radical (unpaired) electrons. The van der Waals surface area contributed by atoms with Crippen LogP contribution in [0.25, 0.3) is 0 Å². The minimum absolute atomic E-state index is 0.604. The van der Waals surface area contributed by atoms with E-state index in [0.717, 1.165) is 6.54 Å². The largest absolute Gasteiger partial charge is 0.310 e. The molecule has 1 N–H and O–H groups in total. The van der Waals surface area contributed by atoms with E-state index in [1.165, 1.54) is 30.6 Å². The number of rotatable bonds is 4. The topological polar surface area (TPSA) is 15.3 Å². The Labute approximate surface area is 103 Å². The van der Waals surface area contributed by atoms with E-state index >= 15 is 0 Å². The Kier molecular flexibility index (Phi) is 4.00. The van der Waals surface area contributed by atoms with Crippen molar-refractivity contribution in [2.24, 2.45) is 0 Å². The fourth-order valence-electron chi connectivity index (χ4n) is 2.37. The Morgan fingerprint density at radius 3 is 2.94 bits per heavy atom. The van der Waals surface area contributed by atoms with Crippen LogP contribution in [0.15, 0.2) is 10.8 Å². The van der Waals surface area contributed by atoms with E-state index in [-0.39, 0.29) is 0 Å². The van der Waals surface area contributed by atoms with Crippen molar-refractivity contribution in [2.45, 2.75) is 45.8 Å². The SMILES string of the molecule is Cc1cscc1CN1CCC(NC(C)C)C1. The van der Waals surface area contributed by atoms with Gasteiger partial charge >= 0.3 is 0 Å². The Morgan fingerprint density at radius 2 is 2.31 bits per heavy atom. The fourth-order valence-corrected chi connectivity index (χ4v) is 3.22. The first-order valence-corrected chi connectivity index (χ1v) is 7.09. The minimum atomic E-state index is 0.604. The average Bonchev–Trinajstić information content (AvgIpc) is 2.77. The smallest absolute Gasteiger partial charge is 0.0245 e. The van der Waals surface area contributed by atoms with Crippen LogP contribution in [0.2, 0.25) is 0 Å². The van der Waals surface area contributed by atoms with Crippen LogP contribution in [0, 0.1) is 6.92 Å². The van der Waals surface area contributed by atoms with Crippen molar-refractivity contribution in [1.29, 1.82) is 0 Å². The van der Waals surface area contributed by atoms with Crippen molar-refractivity contribution in [3.63, 3.8) is 0 Å². The normalized spacial score (nSPS) is 22.1. The van der Waals surface area contributed by atoms with Crippen LogP contribution in [0.4, 0.5) is 0 Å². The van der Waals surface area contributed by atoms with Crippen molar-refractivity contribution in [3.8, 4) is 0 Å². The highest BCUT2D eigenvalue weighted by Crippen LogP contribution is 2.19. The molecule has 2 nitrogen and oxygen atoms in total. The second kappa shape index (κ2) is 5.30. The predicted molar refractivity (Wildman–Crippen MR) is 71.0 cm³/mol. The molecule has 1 aromatic rings. The Balaban J connectivity index is 1.83. The maximum absolute atomic E-state index is 3.63. The molecular weight excluding hydrogens is 216 g/mol. The molecule has 0 bridgehead atoms. The van der Waals surface area contributed by atoms with Crippen molar-refractivity contribution in [2.75, 3.05) is 13.1 Å². The minimum Gasteiger partial charge on any atom is -0.310 e. The van der Waals surface area contributed by atoms with Crippen LogP contribution in [-0.4, -0.2) is 30.1 Å². The van der Waals surface area contributed by atoms with Crippen molar-refractivity contribution in [3.05, 3.63) is 21.9 Å². The van der Waals surface area contributed by atoms with Gasteiger partial charge < -0.3 is 5.32 Å². The Hall–Kier alpha value is -0.380. The number of hydrogen-bond donors (Lipinski definition) is 1. The lowest BCUT2D eigenvalue weighted by atomic mass is 10.2. The maximum Gasteiger partial charge on any atom is 0.0245 e. The molecular formula is C13H22N2S. The fraction of sp³-hybridized carbons (Fsp3) is 0.692. The number of hydrogen-bond acceptors (Lipinski definition) is 3. The molecule has 0 aliphatic carbocycles. The highest BCUT2D eigenvalue weighted by atomic mass is 32.1. The third-order valence-corrected chi connectivity index (χ3v) is 4.11. The summed E-state index contributed by atoms with van der Waals surface area (Å²) in [6.07, 6.45) is 1.29. The number of nitrogens with one attached hydrogen (secondary N) is 1. The van der Waals surface area contributed by atoms with E-state index in [9.17, 15) is 0 Å². The molecule has 1 fully saturated rings. The van der Waals surface area contributed by atoms with E-state index in [1.54, 1.807) is 0 Å². The van der Waals surface area contributed by atoms with Gasteiger partial charge in [-0.25, -0.2) is 0 Å². The first-order chi connectivity index (χ1) is 7.65. The summed E-state index contributed by atoms with van der Waals surface area (Å²) in [6.45, 7) is 10.2. The first-order valence-electron chi connectivity index (χ1n) is 6.15. The number of nitrogens with zero attached hydrogens (tertiary/aromatic N) is 1. The van der Waals surface area contributed by atoms with Crippen LogP contribution in [0.1, 0.15) is 31.4 Å². The van der Waals surface area contributed by atoms with Crippen molar-refractivity contribution < 1.29 is 0 Å². The molecule has 2 heterocycles. The molecule has 16 heavy (non-hydrogen) atoms. The van der Waals surface area contributed by atoms with E-state index < -0.39 is 0 Å². The molecule has 0 aromatic carbocycles. The third kappa shape index (κ3) is 3.06. The maximum atomic E-state index is 3.63. The molecule has 2 rings (SSSR count). The lowest BCUT2D eigenvalue weighted by Crippen LogP contribution is -2.36. The Morgan fingerprint density at radius 1 is 1.50 bits per heavy atom. The summed E-state index contributed by atoms with van der Waals surface area (Å²) in [4.78, 5) is 2.56. The van der Waals surface area contributed by atoms with Gasteiger partial charge in [0.1, 0.15) is 0 Å². The zero-order valence-electron chi connectivity index (χ0n) is 10.5. The first kappa shape index (κ1) is 12.1. The highest BCUT2D eigenvalue weighted by Gasteiger charge is 2.22. The van der Waals surface area contributed by atoms with Crippen molar-refractivity contribution in [1.82, 2.24) is 10.2 Å². The number of aryl methyl sites for hydroxylation is 1. The molecule has 0 spiro atoms. The average molecular weight is 238 g/mol. The molecule has 1 atom stereocenters. The summed E-state index contributed by atoms with van der Waals surface area (Å²) in [7, 11) is 0. The van der Waals surface area contributed by atoms with Gasteiger partial charge in [0.25, 0.3) is 0 Å². The van der Waals surface area contributed by atoms with Gasteiger partial charge in [-0.15, -0.1) is 0 Å². The molecule has 1 unspecified atom stereocenters. The third-order valence-electron chi connectivity index (χ3n) is 3.20. The monoisotopic (exact) mass is 238 g/mol. The van der Waals surface area contributed by atoms with Gasteiger partial charge in [0.15, 0.2) is 0 Å². The molecule has 1 aromatic heterocycles. The number of likely N-dealkylation sites (tertiary alicyclic amines) is 1. The van der Waals surface area contributed by atoms with Crippen LogP contribution >= 0.6 is 11.3 Å². The Bertz CT molecular complexity index is 332. The van der Waals surface area contributed by atoms with Crippen LogP contribution in [0.3, 0.4) is 0 Å². The summed E-state index contributed by atoms with van der Waals surface area (Å²) in [5.41, 5.74) is 2.96. The molecule has 0 saturated carbocycles. The van der Waals surface area contributed by atoms with Gasteiger partial charge in [0.2, 0.25) is 0 Å². The summed E-state index contributed by atoms with van der Waals surface area (Å²) >= 11 is 1.82. The quantitative estimate of drug-likeness (QED) is 0.867. The molecule has 1 saturated heterocycles. The summed E-state index contributed by atoms with van der Waals surface area (Å²) in [5, 5.41) is 8.16. The van der Waals surface area contributed by atoms with Gasteiger partial charge in [-0.05, 0) is 35.2 Å². The summed E-state index contributed by atoms with van der Waals surface area (Å²) in [6, 6.07) is 1.30. The summed E-state index contributed by atoms with van der Waals surface area (Å²) < 4.78 is 0. The van der Waals surface area contributed by atoms with E-state index in [4.69, 9.17) is 0 Å². The molecule has 1 aliphatic heterocycles. The molecule has 0 amide bonds. The summed E-state index contributed by atoms with van der Waals surface area (Å²) in [5.74, 6) is 0. The lowest BCUT2D eigenvalue weighted by molar-refractivity contribution is 0.317. The van der Waals surface area contributed by atoms with Crippen molar-refractivity contribution >= 4 is 11.3 Å². The van der Waals surface area contributed by atoms with Crippen LogP contribution < -0.4 is 5.32 Å². The lowest BCUT2D eigenvalue weighted by Gasteiger charge is -2.18. The standard InChI is InChI=1S/C13H22N2S/c1-10(2)14-13-4-5-15(7-13)6-12-9-16-8-11(12)3/h8-10,13-14H,4-7H2,1-3H3. The highest BCUT2D eigenvalue weighted by molar-refractivity contribution is 7.08. The zero-order valence-corrected chi connectivity index (χ0v) is 11.3.